The van der Waals surface area contributed by atoms with Crippen molar-refractivity contribution < 1.29 is 4.74 Å². The van der Waals surface area contributed by atoms with Gasteiger partial charge in [-0.05, 0) is 38.9 Å². The molecule has 21 heavy (non-hydrogen) atoms. The number of nitrogens with two attached hydrogens (primary N) is 1. The first kappa shape index (κ1) is 15.3. The van der Waals surface area contributed by atoms with Crippen molar-refractivity contribution in [1.29, 1.82) is 0 Å². The molecule has 0 saturated heterocycles. The topological polar surface area (TPSA) is 64.3 Å². The first-order chi connectivity index (χ1) is 10.1. The minimum Gasteiger partial charge on any atom is -0.497 e. The van der Waals surface area contributed by atoms with Crippen LogP contribution in [0.4, 0.5) is 11.5 Å². The third-order valence-corrected chi connectivity index (χ3v) is 3.18. The molecule has 0 aliphatic carbocycles. The standard InChI is InChI=1S/C16H22N4O/c1-12-10-16(19-13(2)18-12)20(9-5-8-17)14-6-4-7-15(11-14)21-3/h4,6-7,10-11H,5,8-9,17H2,1-3H3. The highest BCUT2D eigenvalue weighted by molar-refractivity contribution is 5.62. The molecule has 0 aliphatic rings. The van der Waals surface area contributed by atoms with E-state index < -0.39 is 0 Å². The Morgan fingerprint density at radius 3 is 2.67 bits per heavy atom. The molecule has 5 heteroatoms. The molecule has 0 fully saturated rings. The van der Waals surface area contributed by atoms with Crippen molar-refractivity contribution in [1.82, 2.24) is 9.97 Å². The lowest BCUT2D eigenvalue weighted by atomic mass is 10.2. The summed E-state index contributed by atoms with van der Waals surface area (Å²) in [5, 5.41) is 0. The van der Waals surface area contributed by atoms with Crippen molar-refractivity contribution in [2.45, 2.75) is 20.3 Å². The molecule has 5 nitrogen and oxygen atoms in total. The second-order valence-electron chi connectivity index (χ2n) is 4.91. The molecule has 0 radical (unpaired) electrons. The molecule has 2 N–H and O–H groups in total. The number of aromatic nitrogens is 2. The van der Waals surface area contributed by atoms with Crippen molar-refractivity contribution >= 4 is 11.5 Å². The van der Waals surface area contributed by atoms with Gasteiger partial charge in [-0.2, -0.15) is 0 Å². The zero-order valence-corrected chi connectivity index (χ0v) is 12.8. The monoisotopic (exact) mass is 286 g/mol. The molecule has 1 heterocycles. The molecular weight excluding hydrogens is 264 g/mol. The van der Waals surface area contributed by atoms with Gasteiger partial charge >= 0.3 is 0 Å². The Morgan fingerprint density at radius 2 is 2.00 bits per heavy atom. The number of ether oxygens (including phenoxy) is 1. The molecule has 2 aromatic rings. The van der Waals surface area contributed by atoms with Crippen molar-refractivity contribution in [3.8, 4) is 5.75 Å². The van der Waals surface area contributed by atoms with E-state index in [0.717, 1.165) is 41.7 Å². The van der Waals surface area contributed by atoms with Gasteiger partial charge in [-0.15, -0.1) is 0 Å². The van der Waals surface area contributed by atoms with Gasteiger partial charge in [0.15, 0.2) is 0 Å². The molecule has 0 amide bonds. The van der Waals surface area contributed by atoms with Gasteiger partial charge in [-0.25, -0.2) is 9.97 Å². The second-order valence-corrected chi connectivity index (χ2v) is 4.91. The number of hydrogen-bond acceptors (Lipinski definition) is 5. The van der Waals surface area contributed by atoms with E-state index in [-0.39, 0.29) is 0 Å². The predicted molar refractivity (Wildman–Crippen MR) is 85.2 cm³/mol. The average Bonchev–Trinajstić information content (AvgIpc) is 2.47. The molecule has 0 spiro atoms. The predicted octanol–water partition coefficient (Wildman–Crippen LogP) is 2.59. The SMILES string of the molecule is COc1cccc(N(CCCN)c2cc(C)nc(C)n2)c1. The Kier molecular flexibility index (Phi) is 5.11. The summed E-state index contributed by atoms with van der Waals surface area (Å²) < 4.78 is 5.31. The molecule has 0 saturated carbocycles. The van der Waals surface area contributed by atoms with Gasteiger partial charge in [-0.1, -0.05) is 6.07 Å². The number of hydrogen-bond donors (Lipinski definition) is 1. The van der Waals surface area contributed by atoms with E-state index in [0.29, 0.717) is 6.54 Å². The smallest absolute Gasteiger partial charge is 0.136 e. The molecule has 0 aliphatic heterocycles. The van der Waals surface area contributed by atoms with E-state index >= 15 is 0 Å². The van der Waals surface area contributed by atoms with Crippen LogP contribution in [0.1, 0.15) is 17.9 Å². The Labute approximate surface area is 125 Å². The quantitative estimate of drug-likeness (QED) is 0.884. The number of nitrogens with zero attached hydrogens (tertiary/aromatic N) is 3. The van der Waals surface area contributed by atoms with Crippen LogP contribution < -0.4 is 15.4 Å². The minimum atomic E-state index is 0.642. The van der Waals surface area contributed by atoms with Crippen molar-refractivity contribution in [3.63, 3.8) is 0 Å². The van der Waals surface area contributed by atoms with E-state index in [1.54, 1.807) is 7.11 Å². The fourth-order valence-electron chi connectivity index (χ4n) is 2.24. The van der Waals surface area contributed by atoms with Crippen LogP contribution in [0.5, 0.6) is 5.75 Å². The highest BCUT2D eigenvalue weighted by atomic mass is 16.5. The maximum absolute atomic E-state index is 5.66. The number of rotatable bonds is 6. The highest BCUT2D eigenvalue weighted by Crippen LogP contribution is 2.27. The minimum absolute atomic E-state index is 0.642. The first-order valence-electron chi connectivity index (χ1n) is 7.08. The average molecular weight is 286 g/mol. The van der Waals surface area contributed by atoms with Gasteiger partial charge in [0.1, 0.15) is 17.4 Å². The summed E-state index contributed by atoms with van der Waals surface area (Å²) >= 11 is 0. The molecule has 0 atom stereocenters. The van der Waals surface area contributed by atoms with Gasteiger partial charge in [0.2, 0.25) is 0 Å². The van der Waals surface area contributed by atoms with Gasteiger partial charge in [-0.3, -0.25) is 0 Å². The van der Waals surface area contributed by atoms with Crippen LogP contribution >= 0.6 is 0 Å². The Hall–Kier alpha value is -2.14. The zero-order chi connectivity index (χ0) is 15.2. The number of methoxy groups -OCH3 is 1. The summed E-state index contributed by atoms with van der Waals surface area (Å²) in [6.07, 6.45) is 0.888. The maximum atomic E-state index is 5.66. The summed E-state index contributed by atoms with van der Waals surface area (Å²) in [6, 6.07) is 9.95. The van der Waals surface area contributed by atoms with E-state index in [1.807, 2.05) is 44.2 Å². The third kappa shape index (κ3) is 3.92. The van der Waals surface area contributed by atoms with Crippen molar-refractivity contribution in [2.75, 3.05) is 25.1 Å². The number of benzene rings is 1. The van der Waals surface area contributed by atoms with Gasteiger partial charge in [0.05, 0.1) is 7.11 Å². The molecule has 1 aromatic carbocycles. The van der Waals surface area contributed by atoms with Crippen molar-refractivity contribution in [3.05, 3.63) is 41.9 Å². The van der Waals surface area contributed by atoms with Crippen LogP contribution in [-0.2, 0) is 0 Å². The fourth-order valence-corrected chi connectivity index (χ4v) is 2.24. The highest BCUT2D eigenvalue weighted by Gasteiger charge is 2.12. The summed E-state index contributed by atoms with van der Waals surface area (Å²) in [4.78, 5) is 11.0. The Morgan fingerprint density at radius 1 is 1.19 bits per heavy atom. The summed E-state index contributed by atoms with van der Waals surface area (Å²) in [5.74, 6) is 2.49. The van der Waals surface area contributed by atoms with E-state index in [1.165, 1.54) is 0 Å². The van der Waals surface area contributed by atoms with Crippen LogP contribution in [0.2, 0.25) is 0 Å². The second kappa shape index (κ2) is 7.04. The van der Waals surface area contributed by atoms with Crippen LogP contribution in [-0.4, -0.2) is 30.2 Å². The third-order valence-electron chi connectivity index (χ3n) is 3.18. The van der Waals surface area contributed by atoms with Crippen LogP contribution in [0, 0.1) is 13.8 Å². The molecule has 2 rings (SSSR count). The van der Waals surface area contributed by atoms with Gasteiger partial charge in [0.25, 0.3) is 0 Å². The van der Waals surface area contributed by atoms with Crippen molar-refractivity contribution in [2.24, 2.45) is 5.73 Å². The lowest BCUT2D eigenvalue weighted by molar-refractivity contribution is 0.415. The summed E-state index contributed by atoms with van der Waals surface area (Å²) in [6.45, 7) is 5.33. The fraction of sp³-hybridized carbons (Fsp3) is 0.375. The number of aryl methyl sites for hydroxylation is 2. The molecule has 0 unspecified atom stereocenters. The molecular formula is C16H22N4O. The summed E-state index contributed by atoms with van der Waals surface area (Å²) in [5.41, 5.74) is 7.66. The van der Waals surface area contributed by atoms with E-state index in [9.17, 15) is 0 Å². The lowest BCUT2D eigenvalue weighted by Crippen LogP contribution is -2.22. The molecule has 112 valence electrons. The van der Waals surface area contributed by atoms with Crippen LogP contribution in [0.25, 0.3) is 0 Å². The lowest BCUT2D eigenvalue weighted by Gasteiger charge is -2.24. The normalized spacial score (nSPS) is 10.5. The van der Waals surface area contributed by atoms with Gasteiger partial charge in [0, 0.05) is 30.1 Å². The largest absolute Gasteiger partial charge is 0.497 e. The zero-order valence-electron chi connectivity index (χ0n) is 12.8. The maximum Gasteiger partial charge on any atom is 0.136 e. The van der Waals surface area contributed by atoms with E-state index in [4.69, 9.17) is 10.5 Å². The van der Waals surface area contributed by atoms with E-state index in [2.05, 4.69) is 14.9 Å². The first-order valence-corrected chi connectivity index (χ1v) is 7.08. The van der Waals surface area contributed by atoms with Gasteiger partial charge < -0.3 is 15.4 Å². The number of anilines is 2. The summed E-state index contributed by atoms with van der Waals surface area (Å²) in [7, 11) is 1.67. The Bertz CT molecular complexity index is 580. The van der Waals surface area contributed by atoms with Crippen LogP contribution in [0.3, 0.4) is 0 Å². The van der Waals surface area contributed by atoms with Crippen LogP contribution in [0.15, 0.2) is 30.3 Å². The molecule has 1 aromatic heterocycles. The molecule has 0 bridgehead atoms. The Balaban J connectivity index is 2.41.